The lowest BCUT2D eigenvalue weighted by molar-refractivity contribution is 0.306. The van der Waals surface area contributed by atoms with E-state index in [9.17, 15) is 0 Å². The molecule has 0 bridgehead atoms. The van der Waals surface area contributed by atoms with Crippen LogP contribution in [0.5, 0.6) is 5.75 Å². The second-order valence-electron chi connectivity index (χ2n) is 3.75. The first-order valence-electron chi connectivity index (χ1n) is 5.55. The van der Waals surface area contributed by atoms with Crippen LogP contribution in [0.3, 0.4) is 0 Å². The Bertz CT molecular complexity index is 529. The van der Waals surface area contributed by atoms with E-state index in [2.05, 4.69) is 15.9 Å². The third-order valence-electron chi connectivity index (χ3n) is 2.47. The molecule has 0 amide bonds. The zero-order valence-corrected chi connectivity index (χ0v) is 12.8. The van der Waals surface area contributed by atoms with Crippen LogP contribution in [0.1, 0.15) is 10.4 Å². The Labute approximate surface area is 124 Å². The fourth-order valence-electron chi connectivity index (χ4n) is 1.64. The van der Waals surface area contributed by atoms with E-state index < -0.39 is 0 Å². The summed E-state index contributed by atoms with van der Waals surface area (Å²) >= 11 is 11.3. The van der Waals surface area contributed by atoms with Crippen LogP contribution in [0.15, 0.2) is 34.1 Å². The molecule has 0 atom stereocenters. The molecule has 1 heterocycles. The third-order valence-corrected chi connectivity index (χ3v) is 4.42. The number of hydrogen-bond donors (Lipinski definition) is 1. The van der Waals surface area contributed by atoms with Crippen molar-refractivity contribution in [2.24, 2.45) is 5.73 Å². The predicted octanol–water partition coefficient (Wildman–Crippen LogP) is 4.24. The fraction of sp³-hybridized carbons (Fsp3) is 0.231. The molecule has 1 aromatic heterocycles. The lowest BCUT2D eigenvalue weighted by atomic mass is 10.1. The minimum absolute atomic E-state index is 0.550. The minimum atomic E-state index is 0.550. The molecule has 5 heteroatoms. The van der Waals surface area contributed by atoms with Crippen molar-refractivity contribution >= 4 is 38.9 Å². The Morgan fingerprint density at radius 3 is 2.78 bits per heavy atom. The molecule has 0 spiro atoms. The van der Waals surface area contributed by atoms with E-state index in [1.165, 1.54) is 4.88 Å². The maximum absolute atomic E-state index is 6.15. The summed E-state index contributed by atoms with van der Waals surface area (Å²) < 4.78 is 6.93. The molecule has 2 N–H and O–H groups in total. The maximum Gasteiger partial charge on any atom is 0.124 e. The van der Waals surface area contributed by atoms with Gasteiger partial charge in [-0.3, -0.25) is 0 Å². The molecule has 0 saturated carbocycles. The van der Waals surface area contributed by atoms with Crippen molar-refractivity contribution in [3.63, 3.8) is 0 Å². The lowest BCUT2D eigenvalue weighted by Gasteiger charge is -2.11. The lowest BCUT2D eigenvalue weighted by Crippen LogP contribution is -2.05. The summed E-state index contributed by atoms with van der Waals surface area (Å²) in [4.78, 5) is 1.17. The molecule has 0 aliphatic rings. The first kappa shape index (κ1) is 13.9. The Hall–Kier alpha value is -0.550. The van der Waals surface area contributed by atoms with E-state index in [4.69, 9.17) is 22.1 Å². The molecule has 2 aromatic rings. The van der Waals surface area contributed by atoms with Gasteiger partial charge < -0.3 is 10.5 Å². The molecule has 2 nitrogen and oxygen atoms in total. The number of benzene rings is 1. The highest BCUT2D eigenvalue weighted by atomic mass is 79.9. The van der Waals surface area contributed by atoms with Gasteiger partial charge in [0.05, 0.1) is 3.79 Å². The van der Waals surface area contributed by atoms with E-state index in [0.717, 1.165) is 21.5 Å². The summed E-state index contributed by atoms with van der Waals surface area (Å²) in [5.41, 5.74) is 6.57. The summed E-state index contributed by atoms with van der Waals surface area (Å²) in [6.07, 6.45) is 0.725. The van der Waals surface area contributed by atoms with Crippen LogP contribution in [-0.2, 0) is 13.0 Å². The van der Waals surface area contributed by atoms with Gasteiger partial charge in [-0.05, 0) is 53.2 Å². The molecule has 0 fully saturated rings. The van der Waals surface area contributed by atoms with Crippen molar-refractivity contribution in [3.05, 3.63) is 49.6 Å². The van der Waals surface area contributed by atoms with E-state index in [1.54, 1.807) is 11.3 Å². The Morgan fingerprint density at radius 2 is 2.11 bits per heavy atom. The number of nitrogens with two attached hydrogens (primary N) is 1. The van der Waals surface area contributed by atoms with E-state index >= 15 is 0 Å². The average molecular weight is 347 g/mol. The van der Waals surface area contributed by atoms with Crippen LogP contribution in [0.25, 0.3) is 0 Å². The van der Waals surface area contributed by atoms with Crippen molar-refractivity contribution in [2.75, 3.05) is 6.54 Å². The summed E-state index contributed by atoms with van der Waals surface area (Å²) in [6.45, 7) is 1.11. The second kappa shape index (κ2) is 6.57. The number of thiophene rings is 1. The molecule has 1 aromatic carbocycles. The van der Waals surface area contributed by atoms with Gasteiger partial charge in [0.2, 0.25) is 0 Å². The quantitative estimate of drug-likeness (QED) is 0.878. The molecule has 0 radical (unpaired) electrons. The van der Waals surface area contributed by atoms with Crippen LogP contribution >= 0.6 is 38.9 Å². The number of halogens is 2. The van der Waals surface area contributed by atoms with Crippen LogP contribution in [-0.4, -0.2) is 6.54 Å². The molecule has 0 saturated heterocycles. The van der Waals surface area contributed by atoms with E-state index in [1.807, 2.05) is 30.3 Å². The zero-order valence-electron chi connectivity index (χ0n) is 9.66. The topological polar surface area (TPSA) is 35.2 Å². The van der Waals surface area contributed by atoms with Gasteiger partial charge in [0, 0.05) is 15.5 Å². The van der Waals surface area contributed by atoms with Crippen molar-refractivity contribution < 1.29 is 4.74 Å². The molecule has 18 heavy (non-hydrogen) atoms. The first-order valence-corrected chi connectivity index (χ1v) is 7.54. The Balaban J connectivity index is 2.11. The standard InChI is InChI=1S/C13H13BrClNOS/c14-13-5-4-9(18-13)8-17-12-3-1-2-11(15)10(12)6-7-16/h1-5H,6-8,16H2. The van der Waals surface area contributed by atoms with Crippen LogP contribution in [0.2, 0.25) is 5.02 Å². The third kappa shape index (κ3) is 3.48. The molecule has 0 unspecified atom stereocenters. The van der Waals surface area contributed by atoms with Crippen LogP contribution < -0.4 is 10.5 Å². The van der Waals surface area contributed by atoms with Crippen molar-refractivity contribution in [2.45, 2.75) is 13.0 Å². The minimum Gasteiger partial charge on any atom is -0.488 e. The summed E-state index contributed by atoms with van der Waals surface area (Å²) in [7, 11) is 0. The molecule has 0 aliphatic heterocycles. The van der Waals surface area contributed by atoms with Crippen LogP contribution in [0.4, 0.5) is 0 Å². The van der Waals surface area contributed by atoms with E-state index in [-0.39, 0.29) is 0 Å². The number of hydrogen-bond acceptors (Lipinski definition) is 3. The molecular formula is C13H13BrClNOS. The van der Waals surface area contributed by atoms with Gasteiger partial charge in [0.25, 0.3) is 0 Å². The van der Waals surface area contributed by atoms with Gasteiger partial charge in [0.1, 0.15) is 12.4 Å². The molecule has 2 rings (SSSR count). The molecular weight excluding hydrogens is 334 g/mol. The second-order valence-corrected chi connectivity index (χ2v) is 6.70. The van der Waals surface area contributed by atoms with E-state index in [0.29, 0.717) is 18.2 Å². The number of ether oxygens (including phenoxy) is 1. The highest BCUT2D eigenvalue weighted by Crippen LogP contribution is 2.29. The smallest absolute Gasteiger partial charge is 0.124 e. The highest BCUT2D eigenvalue weighted by molar-refractivity contribution is 9.11. The zero-order chi connectivity index (χ0) is 13.0. The summed E-state index contributed by atoms with van der Waals surface area (Å²) in [5.74, 6) is 0.817. The van der Waals surface area contributed by atoms with Crippen molar-refractivity contribution in [1.82, 2.24) is 0 Å². The highest BCUT2D eigenvalue weighted by Gasteiger charge is 2.08. The largest absolute Gasteiger partial charge is 0.488 e. The normalized spacial score (nSPS) is 10.6. The van der Waals surface area contributed by atoms with Gasteiger partial charge in [-0.2, -0.15) is 0 Å². The molecule has 0 aliphatic carbocycles. The van der Waals surface area contributed by atoms with Crippen LogP contribution in [0, 0.1) is 0 Å². The van der Waals surface area contributed by atoms with Gasteiger partial charge in [-0.15, -0.1) is 11.3 Å². The monoisotopic (exact) mass is 345 g/mol. The summed E-state index contributed by atoms with van der Waals surface area (Å²) in [6, 6.07) is 9.74. The fourth-order valence-corrected chi connectivity index (χ4v) is 3.30. The average Bonchev–Trinajstić information content (AvgIpc) is 2.76. The SMILES string of the molecule is NCCc1c(Cl)cccc1OCc1ccc(Br)s1. The Morgan fingerprint density at radius 1 is 1.28 bits per heavy atom. The van der Waals surface area contributed by atoms with Gasteiger partial charge in [-0.1, -0.05) is 17.7 Å². The van der Waals surface area contributed by atoms with Crippen molar-refractivity contribution in [3.8, 4) is 5.75 Å². The predicted molar refractivity (Wildman–Crippen MR) is 80.6 cm³/mol. The number of rotatable bonds is 5. The summed E-state index contributed by atoms with van der Waals surface area (Å²) in [5, 5.41) is 0.713. The van der Waals surface area contributed by atoms with Gasteiger partial charge in [-0.25, -0.2) is 0 Å². The van der Waals surface area contributed by atoms with Gasteiger partial charge in [0.15, 0.2) is 0 Å². The van der Waals surface area contributed by atoms with Gasteiger partial charge >= 0.3 is 0 Å². The maximum atomic E-state index is 6.15. The first-order chi connectivity index (χ1) is 8.70. The molecule has 96 valence electrons. The Kier molecular flexibility index (Phi) is 5.06. The van der Waals surface area contributed by atoms with Crippen molar-refractivity contribution in [1.29, 1.82) is 0 Å².